The SMILES string of the molecule is Cc1cn([C@H]2C[C@H](N=[N+]=[N-])[C@@H](CO)O2)c(=O)[nH]c1=O.Cc1nc2n(c(=O)c1CCN1CCC(c3noc4cc(F)ccc34)CC1)CCCC2.O=c1[nH]cc(F)c(=O)[nH]1. The van der Waals surface area contributed by atoms with Gasteiger partial charge in [-0.15, -0.1) is 0 Å². The molecule has 0 amide bonds. The summed E-state index contributed by atoms with van der Waals surface area (Å²) in [5.41, 5.74) is 9.43. The van der Waals surface area contributed by atoms with E-state index in [9.17, 15) is 32.8 Å². The molecule has 0 radical (unpaired) electrons. The largest absolute Gasteiger partial charge is 0.394 e. The molecule has 3 aliphatic rings. The third kappa shape index (κ3) is 9.56. The molecule has 7 heterocycles. The molecule has 4 N–H and O–H groups in total. The zero-order valence-corrected chi connectivity index (χ0v) is 31.8. The Bertz CT molecular complexity index is 2600. The van der Waals surface area contributed by atoms with Gasteiger partial charge in [0.25, 0.3) is 16.7 Å². The molecule has 0 aliphatic carbocycles. The highest BCUT2D eigenvalue weighted by atomic mass is 19.1. The van der Waals surface area contributed by atoms with Crippen LogP contribution < -0.4 is 28.1 Å². The van der Waals surface area contributed by atoms with Gasteiger partial charge in [0, 0.05) is 77.4 Å². The minimum absolute atomic E-state index is 0.161. The van der Waals surface area contributed by atoms with Gasteiger partial charge in [-0.3, -0.25) is 33.5 Å². The predicted molar refractivity (Wildman–Crippen MR) is 205 cm³/mol. The summed E-state index contributed by atoms with van der Waals surface area (Å²) in [5.74, 6) is -0.0174. The summed E-state index contributed by atoms with van der Waals surface area (Å²) in [6.45, 7) is 6.81. The number of aromatic amines is 3. The Hall–Kier alpha value is -6.02. The molecule has 0 saturated carbocycles. The maximum atomic E-state index is 13.4. The van der Waals surface area contributed by atoms with Gasteiger partial charge >= 0.3 is 11.4 Å². The molecule has 2 fully saturated rings. The number of fused-ring (bicyclic) bond motifs is 2. The molecule has 0 bridgehead atoms. The molecule has 21 heteroatoms. The third-order valence-corrected chi connectivity index (χ3v) is 10.5. The molecule has 5 aromatic rings. The van der Waals surface area contributed by atoms with Gasteiger partial charge in [-0.1, -0.05) is 10.3 Å². The molecule has 1 aromatic carbocycles. The number of benzene rings is 1. The number of azide groups is 1. The number of nitrogens with one attached hydrogen (secondary N) is 3. The van der Waals surface area contributed by atoms with Crippen molar-refractivity contribution in [1.82, 2.24) is 39.1 Å². The highest BCUT2D eigenvalue weighted by Crippen LogP contribution is 2.33. The molecule has 308 valence electrons. The van der Waals surface area contributed by atoms with Crippen LogP contribution >= 0.6 is 0 Å². The average molecular weight is 808 g/mol. The lowest BCUT2D eigenvalue weighted by Gasteiger charge is -2.31. The van der Waals surface area contributed by atoms with Crippen molar-refractivity contribution in [3.8, 4) is 0 Å². The smallest absolute Gasteiger partial charge is 0.330 e. The van der Waals surface area contributed by atoms with Crippen molar-refractivity contribution < 1.29 is 23.1 Å². The van der Waals surface area contributed by atoms with Gasteiger partial charge < -0.3 is 24.3 Å². The molecule has 3 aliphatic heterocycles. The standard InChI is InChI=1S/C23H27FN4O2.C10H13N5O4.C4H3FN2O2/c1-15-18(23(29)28-10-3-2-4-21(28)25-15)9-13-27-11-7-16(8-12-27)22-19-6-5-17(24)14-20(19)30-26-22;1-5-3-15(10(18)12-9(5)17)8-2-6(13-14-11)7(4-16)19-8;5-2-1-6-4(9)7-3(2)8/h5-6,14,16H,2-4,7-13H2,1H3;3,6-8,16H,2,4H2,1H3,(H,12,17,18);1H,(H2,6,7,8,9)/t;6-,7+,8+;/m.0./s1. The van der Waals surface area contributed by atoms with Crippen LogP contribution in [0.1, 0.15) is 72.6 Å². The zero-order chi connectivity index (χ0) is 41.5. The van der Waals surface area contributed by atoms with Crippen LogP contribution in [0.3, 0.4) is 0 Å². The van der Waals surface area contributed by atoms with Crippen LogP contribution in [-0.4, -0.2) is 82.6 Å². The van der Waals surface area contributed by atoms with Crippen molar-refractivity contribution in [1.29, 1.82) is 0 Å². The topological polar surface area (TPSA) is 263 Å². The summed E-state index contributed by atoms with van der Waals surface area (Å²) in [5, 5.41) is 17.8. The number of aliphatic hydroxyl groups excluding tert-OH is 1. The van der Waals surface area contributed by atoms with Crippen LogP contribution in [0.25, 0.3) is 21.4 Å². The van der Waals surface area contributed by atoms with E-state index in [0.717, 1.165) is 92.9 Å². The van der Waals surface area contributed by atoms with Gasteiger partial charge in [0.05, 0.1) is 24.4 Å². The lowest BCUT2D eigenvalue weighted by atomic mass is 9.91. The second kappa shape index (κ2) is 18.5. The number of aliphatic hydroxyl groups is 1. The van der Waals surface area contributed by atoms with E-state index in [-0.39, 0.29) is 24.4 Å². The Labute approximate surface area is 326 Å². The molecule has 2 saturated heterocycles. The number of aromatic nitrogens is 7. The highest BCUT2D eigenvalue weighted by Gasteiger charge is 2.36. The van der Waals surface area contributed by atoms with Crippen molar-refractivity contribution in [3.05, 3.63) is 133 Å². The first-order valence-corrected chi connectivity index (χ1v) is 18.8. The second-order valence-corrected chi connectivity index (χ2v) is 14.3. The van der Waals surface area contributed by atoms with E-state index in [2.05, 4.69) is 25.1 Å². The first-order chi connectivity index (χ1) is 27.9. The molecule has 4 aromatic heterocycles. The van der Waals surface area contributed by atoms with E-state index in [1.807, 2.05) is 16.5 Å². The van der Waals surface area contributed by atoms with E-state index in [0.29, 0.717) is 23.3 Å². The Morgan fingerprint density at radius 3 is 2.53 bits per heavy atom. The number of halogens is 2. The number of rotatable bonds is 7. The summed E-state index contributed by atoms with van der Waals surface area (Å²) < 4.78 is 39.3. The van der Waals surface area contributed by atoms with Gasteiger partial charge in [0.15, 0.2) is 5.58 Å². The Kier molecular flexibility index (Phi) is 13.3. The van der Waals surface area contributed by atoms with E-state index in [1.165, 1.54) is 22.9 Å². The van der Waals surface area contributed by atoms with Crippen LogP contribution in [0.5, 0.6) is 0 Å². The molecule has 0 unspecified atom stereocenters. The summed E-state index contributed by atoms with van der Waals surface area (Å²) in [7, 11) is 0. The number of aryl methyl sites for hydroxylation is 3. The predicted octanol–water partition coefficient (Wildman–Crippen LogP) is 2.60. The summed E-state index contributed by atoms with van der Waals surface area (Å²) in [4.78, 5) is 71.9. The van der Waals surface area contributed by atoms with Crippen LogP contribution in [-0.2, 0) is 24.1 Å². The second-order valence-electron chi connectivity index (χ2n) is 14.3. The molecule has 58 heavy (non-hydrogen) atoms. The number of nitrogens with zero attached hydrogens (tertiary/aromatic N) is 8. The van der Waals surface area contributed by atoms with Crippen LogP contribution in [0.15, 0.2) is 64.2 Å². The van der Waals surface area contributed by atoms with Crippen molar-refractivity contribution in [2.45, 2.75) is 89.6 Å². The summed E-state index contributed by atoms with van der Waals surface area (Å²) >= 11 is 0. The number of hydrogen-bond donors (Lipinski definition) is 4. The number of likely N-dealkylation sites (tertiary alicyclic amines) is 1. The average Bonchev–Trinajstić information content (AvgIpc) is 3.82. The number of H-pyrrole nitrogens is 3. The number of hydrogen-bond acceptors (Lipinski definition) is 12. The van der Waals surface area contributed by atoms with Crippen molar-refractivity contribution in [3.63, 3.8) is 0 Å². The maximum absolute atomic E-state index is 13.4. The van der Waals surface area contributed by atoms with Crippen molar-refractivity contribution >= 4 is 11.0 Å². The zero-order valence-electron chi connectivity index (χ0n) is 31.8. The first kappa shape index (κ1) is 41.6. The lowest BCUT2D eigenvalue weighted by Crippen LogP contribution is -2.37. The Morgan fingerprint density at radius 1 is 1.05 bits per heavy atom. The molecule has 0 spiro atoms. The van der Waals surface area contributed by atoms with Crippen LogP contribution in [0.2, 0.25) is 0 Å². The summed E-state index contributed by atoms with van der Waals surface area (Å²) in [6.07, 6.45) is 6.85. The quantitative estimate of drug-likeness (QED) is 0.106. The number of ether oxygens (including phenoxy) is 1. The van der Waals surface area contributed by atoms with E-state index >= 15 is 0 Å². The normalized spacial score (nSPS) is 19.4. The fourth-order valence-electron chi connectivity index (χ4n) is 7.38. The Balaban J connectivity index is 0.000000172. The number of piperidine rings is 1. The van der Waals surface area contributed by atoms with Gasteiger partial charge in [-0.05, 0) is 76.7 Å². The minimum atomic E-state index is -1.00. The van der Waals surface area contributed by atoms with E-state index < -0.39 is 46.7 Å². The molecule has 8 rings (SSSR count). The molecular weight excluding hydrogens is 764 g/mol. The third-order valence-electron chi connectivity index (χ3n) is 10.5. The van der Waals surface area contributed by atoms with Crippen LogP contribution in [0, 0.1) is 25.5 Å². The van der Waals surface area contributed by atoms with Crippen molar-refractivity contribution in [2.75, 3.05) is 26.2 Å². The minimum Gasteiger partial charge on any atom is -0.394 e. The maximum Gasteiger partial charge on any atom is 0.330 e. The monoisotopic (exact) mass is 807 g/mol. The Morgan fingerprint density at radius 2 is 1.83 bits per heavy atom. The van der Waals surface area contributed by atoms with Gasteiger partial charge in [0.2, 0.25) is 5.82 Å². The molecule has 19 nitrogen and oxygen atoms in total. The van der Waals surface area contributed by atoms with E-state index in [1.54, 1.807) is 18.0 Å². The van der Waals surface area contributed by atoms with E-state index in [4.69, 9.17) is 24.9 Å². The molecule has 3 atom stereocenters. The fraction of sp³-hybridized carbons (Fsp3) is 0.486. The summed E-state index contributed by atoms with van der Waals surface area (Å²) in [6, 6.07) is 4.08. The fourth-order valence-corrected chi connectivity index (χ4v) is 7.38. The van der Waals surface area contributed by atoms with Crippen molar-refractivity contribution in [2.24, 2.45) is 5.11 Å². The van der Waals surface area contributed by atoms with Crippen LogP contribution in [0.4, 0.5) is 8.78 Å². The highest BCUT2D eigenvalue weighted by molar-refractivity contribution is 5.79. The van der Waals surface area contributed by atoms with Gasteiger partial charge in [0.1, 0.15) is 17.9 Å². The first-order valence-electron chi connectivity index (χ1n) is 18.8. The van der Waals surface area contributed by atoms with Gasteiger partial charge in [-0.25, -0.2) is 19.0 Å². The molecular formula is C37H43F2N11O8. The lowest BCUT2D eigenvalue weighted by molar-refractivity contribution is -0.0271. The van der Waals surface area contributed by atoms with Gasteiger partial charge in [-0.2, -0.15) is 4.39 Å².